The highest BCUT2D eigenvalue weighted by atomic mass is 16.3. The van der Waals surface area contributed by atoms with Crippen molar-refractivity contribution in [1.82, 2.24) is 4.57 Å². The minimum Gasteiger partial charge on any atom is -0.373 e. The Morgan fingerprint density at radius 2 is 2.18 bits per heavy atom. The molecule has 0 spiro atoms. The second kappa shape index (κ2) is 5.06. The number of aldehydes is 1. The van der Waals surface area contributed by atoms with Gasteiger partial charge in [0, 0.05) is 36.7 Å². The van der Waals surface area contributed by atoms with Gasteiger partial charge in [0.25, 0.3) is 5.91 Å². The molecule has 1 aromatic carbocycles. The number of aliphatic hydroxyl groups is 1. The molecule has 0 aliphatic carbocycles. The maximum Gasteiger partial charge on any atom is 0.266 e. The number of hydrogen-bond acceptors (Lipinski definition) is 4. The number of amides is 1. The molecule has 0 bridgehead atoms. The number of benzene rings is 1. The van der Waals surface area contributed by atoms with E-state index in [0.717, 1.165) is 10.9 Å². The van der Waals surface area contributed by atoms with E-state index in [2.05, 4.69) is 0 Å². The van der Waals surface area contributed by atoms with Crippen LogP contribution >= 0.6 is 0 Å². The predicted molar refractivity (Wildman–Crippen MR) is 80.8 cm³/mol. The van der Waals surface area contributed by atoms with E-state index in [1.165, 1.54) is 4.90 Å². The molecule has 6 nitrogen and oxygen atoms in total. The average Bonchev–Trinajstić information content (AvgIpc) is 3.09. The summed E-state index contributed by atoms with van der Waals surface area (Å²) < 4.78 is 1.58. The molecule has 1 aliphatic rings. The molecule has 114 valence electrons. The summed E-state index contributed by atoms with van der Waals surface area (Å²) in [5.41, 5.74) is -0.538. The van der Waals surface area contributed by atoms with Crippen molar-refractivity contribution < 1.29 is 19.5 Å². The second-order valence-electron chi connectivity index (χ2n) is 5.43. The highest BCUT2D eigenvalue weighted by Crippen LogP contribution is 2.30. The van der Waals surface area contributed by atoms with Crippen molar-refractivity contribution in [3.8, 4) is 0 Å². The largest absolute Gasteiger partial charge is 0.373 e. The van der Waals surface area contributed by atoms with Gasteiger partial charge in [0.15, 0.2) is 6.29 Å². The van der Waals surface area contributed by atoms with Gasteiger partial charge in [0.1, 0.15) is 0 Å². The van der Waals surface area contributed by atoms with Crippen LogP contribution in [0.3, 0.4) is 0 Å². The average molecular weight is 300 g/mol. The zero-order valence-corrected chi connectivity index (χ0v) is 12.2. The normalized spacial score (nSPS) is 21.5. The highest BCUT2D eigenvalue weighted by molar-refractivity contribution is 6.11. The molecule has 1 N–H and O–H groups in total. The van der Waals surface area contributed by atoms with Gasteiger partial charge < -0.3 is 10.0 Å². The minimum atomic E-state index is -1.92. The lowest BCUT2D eigenvalue weighted by Gasteiger charge is -2.18. The Labute approximate surface area is 126 Å². The van der Waals surface area contributed by atoms with Gasteiger partial charge in [0.05, 0.1) is 5.52 Å². The van der Waals surface area contributed by atoms with Crippen LogP contribution in [0.5, 0.6) is 0 Å². The number of carbonyl (C=O) groups is 3. The van der Waals surface area contributed by atoms with Crippen LogP contribution in [0.4, 0.5) is 5.69 Å². The van der Waals surface area contributed by atoms with Crippen LogP contribution in [-0.4, -0.2) is 39.9 Å². The molecule has 1 atom stereocenters. The van der Waals surface area contributed by atoms with Crippen molar-refractivity contribution in [3.63, 3.8) is 0 Å². The Bertz CT molecular complexity index is 780. The van der Waals surface area contributed by atoms with Crippen molar-refractivity contribution in [3.05, 3.63) is 30.5 Å². The maximum atomic E-state index is 12.1. The van der Waals surface area contributed by atoms with Crippen LogP contribution in [0.1, 0.15) is 24.6 Å². The molecule has 0 saturated carbocycles. The number of fused-ring (bicyclic) bond motifs is 1. The van der Waals surface area contributed by atoms with Crippen molar-refractivity contribution >= 4 is 34.7 Å². The van der Waals surface area contributed by atoms with E-state index in [-0.39, 0.29) is 18.9 Å². The summed E-state index contributed by atoms with van der Waals surface area (Å²) in [5, 5.41) is 10.7. The van der Waals surface area contributed by atoms with E-state index in [1.54, 1.807) is 42.0 Å². The smallest absolute Gasteiger partial charge is 0.266 e. The van der Waals surface area contributed by atoms with Crippen LogP contribution in [-0.2, 0) is 9.59 Å². The van der Waals surface area contributed by atoms with Crippen LogP contribution in [0, 0.1) is 0 Å². The molecule has 2 heterocycles. The van der Waals surface area contributed by atoms with Gasteiger partial charge in [-0.1, -0.05) is 6.92 Å². The van der Waals surface area contributed by atoms with Gasteiger partial charge in [-0.15, -0.1) is 0 Å². The third kappa shape index (κ3) is 2.03. The van der Waals surface area contributed by atoms with E-state index in [9.17, 15) is 19.5 Å². The van der Waals surface area contributed by atoms with Crippen molar-refractivity contribution in [2.75, 3.05) is 11.4 Å². The molecule has 2 aromatic rings. The number of carbonyl (C=O) groups excluding carboxylic acids is 3. The number of nitrogens with zero attached hydrogens (tertiary/aromatic N) is 2. The molecule has 1 unspecified atom stereocenters. The summed E-state index contributed by atoms with van der Waals surface area (Å²) in [4.78, 5) is 36.3. The number of anilines is 1. The van der Waals surface area contributed by atoms with E-state index >= 15 is 0 Å². The quantitative estimate of drug-likeness (QED) is 0.685. The standard InChI is InChI=1S/C16H16N2O4/c1-2-14(20)18-7-5-11-9-12(3-4-13(11)18)17-8-6-16(22,10-19)15(17)21/h3-5,7,9-10,22H,2,6,8H2,1H3. The van der Waals surface area contributed by atoms with Crippen LogP contribution in [0.25, 0.3) is 10.9 Å². The zero-order chi connectivity index (χ0) is 15.9. The van der Waals surface area contributed by atoms with Crippen LogP contribution in [0.15, 0.2) is 30.5 Å². The summed E-state index contributed by atoms with van der Waals surface area (Å²) in [6.07, 6.45) is 2.49. The summed E-state index contributed by atoms with van der Waals surface area (Å²) in [6.45, 7) is 2.08. The van der Waals surface area contributed by atoms with E-state index in [1.807, 2.05) is 0 Å². The van der Waals surface area contributed by atoms with Crippen molar-refractivity contribution in [2.24, 2.45) is 0 Å². The molecule has 1 fully saturated rings. The Morgan fingerprint density at radius 1 is 1.41 bits per heavy atom. The second-order valence-corrected chi connectivity index (χ2v) is 5.43. The van der Waals surface area contributed by atoms with Crippen LogP contribution in [0.2, 0.25) is 0 Å². The molecule has 0 radical (unpaired) electrons. The Kier molecular flexibility index (Phi) is 3.33. The fourth-order valence-corrected chi connectivity index (χ4v) is 2.77. The summed E-state index contributed by atoms with van der Waals surface area (Å²) in [5.74, 6) is -0.610. The zero-order valence-electron chi connectivity index (χ0n) is 12.2. The minimum absolute atomic E-state index is 0.00433. The van der Waals surface area contributed by atoms with Crippen molar-refractivity contribution in [2.45, 2.75) is 25.4 Å². The molecule has 1 saturated heterocycles. The molecular weight excluding hydrogens is 284 g/mol. The molecule has 1 amide bonds. The molecule has 6 heteroatoms. The van der Waals surface area contributed by atoms with Gasteiger partial charge in [-0.05, 0) is 24.3 Å². The van der Waals surface area contributed by atoms with Crippen LogP contribution < -0.4 is 4.90 Å². The molecule has 1 aliphatic heterocycles. The van der Waals surface area contributed by atoms with E-state index in [0.29, 0.717) is 18.4 Å². The Morgan fingerprint density at radius 3 is 2.82 bits per heavy atom. The molecular formula is C16H16N2O4. The summed E-state index contributed by atoms with van der Waals surface area (Å²) in [7, 11) is 0. The summed E-state index contributed by atoms with van der Waals surface area (Å²) >= 11 is 0. The third-order valence-corrected chi connectivity index (χ3v) is 4.08. The first-order valence-electron chi connectivity index (χ1n) is 7.15. The lowest BCUT2D eigenvalue weighted by atomic mass is 10.1. The highest BCUT2D eigenvalue weighted by Gasteiger charge is 2.45. The fourth-order valence-electron chi connectivity index (χ4n) is 2.77. The number of rotatable bonds is 3. The van der Waals surface area contributed by atoms with Crippen molar-refractivity contribution in [1.29, 1.82) is 0 Å². The molecule has 1 aromatic heterocycles. The topological polar surface area (TPSA) is 79.6 Å². The summed E-state index contributed by atoms with van der Waals surface area (Å²) in [6, 6.07) is 7.07. The molecule has 3 rings (SSSR count). The Hall–Kier alpha value is -2.47. The molecule has 22 heavy (non-hydrogen) atoms. The lowest BCUT2D eigenvalue weighted by molar-refractivity contribution is -0.140. The Balaban J connectivity index is 1.99. The van der Waals surface area contributed by atoms with Gasteiger partial charge in [-0.2, -0.15) is 0 Å². The van der Waals surface area contributed by atoms with Gasteiger partial charge in [0.2, 0.25) is 11.5 Å². The predicted octanol–water partition coefficient (Wildman–Crippen LogP) is 1.36. The SMILES string of the molecule is CCC(=O)n1ccc2cc(N3CCC(O)(C=O)C3=O)ccc21. The maximum absolute atomic E-state index is 12.1. The third-order valence-electron chi connectivity index (χ3n) is 4.08. The number of hydrogen-bond donors (Lipinski definition) is 1. The monoisotopic (exact) mass is 300 g/mol. The first kappa shape index (κ1) is 14.5. The first-order chi connectivity index (χ1) is 10.5. The van der Waals surface area contributed by atoms with E-state index in [4.69, 9.17) is 0 Å². The van der Waals surface area contributed by atoms with Gasteiger partial charge in [-0.3, -0.25) is 19.0 Å². The van der Waals surface area contributed by atoms with Gasteiger partial charge >= 0.3 is 0 Å². The lowest BCUT2D eigenvalue weighted by Crippen LogP contribution is -2.41. The van der Waals surface area contributed by atoms with E-state index < -0.39 is 11.5 Å². The first-order valence-corrected chi connectivity index (χ1v) is 7.15. The van der Waals surface area contributed by atoms with Gasteiger partial charge in [-0.25, -0.2) is 0 Å². The fraction of sp³-hybridized carbons (Fsp3) is 0.312. The number of aromatic nitrogens is 1.